The highest BCUT2D eigenvalue weighted by Gasteiger charge is 2.33. The number of carbonyl (C=O) groups is 2. The summed E-state index contributed by atoms with van der Waals surface area (Å²) in [5.74, 6) is -1.61. The molecule has 0 radical (unpaired) electrons. The molecule has 7 nitrogen and oxygen atoms in total. The molecule has 3 atom stereocenters. The van der Waals surface area contributed by atoms with Gasteiger partial charge in [-0.3, -0.25) is 9.59 Å². The second-order valence-electron chi connectivity index (χ2n) is 7.67. The lowest BCUT2D eigenvalue weighted by Gasteiger charge is -2.22. The molecule has 0 spiro atoms. The van der Waals surface area contributed by atoms with Crippen molar-refractivity contribution in [1.29, 1.82) is 0 Å². The van der Waals surface area contributed by atoms with Crippen molar-refractivity contribution in [2.75, 3.05) is 0 Å². The van der Waals surface area contributed by atoms with Gasteiger partial charge >= 0.3 is 5.97 Å². The Balaban J connectivity index is 2.09. The zero-order chi connectivity index (χ0) is 20.2. The lowest BCUT2D eigenvalue weighted by atomic mass is 10.0. The number of carbonyl (C=O) groups excluding carboxylic acids is 1. The van der Waals surface area contributed by atoms with Gasteiger partial charge in [0.05, 0.1) is 10.8 Å². The van der Waals surface area contributed by atoms with Crippen LogP contribution in [0.5, 0.6) is 0 Å². The second kappa shape index (κ2) is 8.84. The molecule has 2 rings (SSSR count). The molecule has 0 bridgehead atoms. The van der Waals surface area contributed by atoms with Crippen molar-refractivity contribution >= 4 is 21.9 Å². The number of rotatable bonds is 8. The molecule has 1 unspecified atom stereocenters. The van der Waals surface area contributed by atoms with Crippen LogP contribution in [-0.4, -0.2) is 37.5 Å². The lowest BCUT2D eigenvalue weighted by Crippen LogP contribution is -2.49. The van der Waals surface area contributed by atoms with E-state index in [1.807, 2.05) is 20.8 Å². The monoisotopic (exact) mass is 396 g/mol. The molecule has 0 saturated heterocycles. The smallest absolute Gasteiger partial charge is 0.306 e. The summed E-state index contributed by atoms with van der Waals surface area (Å²) in [4.78, 5) is 23.9. The van der Waals surface area contributed by atoms with Crippen molar-refractivity contribution in [3.8, 4) is 0 Å². The van der Waals surface area contributed by atoms with Crippen LogP contribution in [0.4, 0.5) is 0 Å². The fraction of sp³-hybridized carbons (Fsp3) is 0.579. The second-order valence-corrected chi connectivity index (χ2v) is 9.38. The summed E-state index contributed by atoms with van der Waals surface area (Å²) in [6, 6.07) is 5.29. The fourth-order valence-corrected chi connectivity index (χ4v) is 4.50. The summed E-state index contributed by atoms with van der Waals surface area (Å²) < 4.78 is 27.8. The van der Waals surface area contributed by atoms with Gasteiger partial charge < -0.3 is 10.4 Å². The van der Waals surface area contributed by atoms with Gasteiger partial charge in [0.2, 0.25) is 15.9 Å². The Morgan fingerprint density at radius 1 is 1.19 bits per heavy atom. The van der Waals surface area contributed by atoms with Gasteiger partial charge in [-0.2, -0.15) is 4.72 Å². The first kappa shape index (κ1) is 21.4. The number of aliphatic carboxylic acids is 1. The maximum Gasteiger partial charge on any atom is 0.306 e. The lowest BCUT2D eigenvalue weighted by molar-refractivity contribution is -0.141. The highest BCUT2D eigenvalue weighted by Crippen LogP contribution is 2.26. The molecule has 1 aromatic carbocycles. The minimum atomic E-state index is -3.83. The average Bonchev–Trinajstić information content (AvgIpc) is 3.02. The van der Waals surface area contributed by atoms with E-state index in [0.29, 0.717) is 25.7 Å². The van der Waals surface area contributed by atoms with E-state index in [1.54, 1.807) is 12.1 Å². The highest BCUT2D eigenvalue weighted by molar-refractivity contribution is 7.89. The van der Waals surface area contributed by atoms with Crippen LogP contribution in [0, 0.1) is 18.8 Å². The van der Waals surface area contributed by atoms with Gasteiger partial charge in [-0.25, -0.2) is 8.42 Å². The van der Waals surface area contributed by atoms with E-state index in [0.717, 1.165) is 5.56 Å². The molecule has 0 heterocycles. The Labute approximate surface area is 160 Å². The fourth-order valence-electron chi connectivity index (χ4n) is 3.29. The Kier molecular flexibility index (Phi) is 7.00. The number of aryl methyl sites for hydroxylation is 1. The predicted octanol–water partition coefficient (Wildman–Crippen LogP) is 2.06. The topological polar surface area (TPSA) is 113 Å². The van der Waals surface area contributed by atoms with Crippen molar-refractivity contribution in [3.63, 3.8) is 0 Å². The van der Waals surface area contributed by atoms with Gasteiger partial charge in [0.15, 0.2) is 0 Å². The molecule has 1 fully saturated rings. The average molecular weight is 397 g/mol. The van der Waals surface area contributed by atoms with Crippen LogP contribution < -0.4 is 10.0 Å². The molecule has 1 aliphatic carbocycles. The Morgan fingerprint density at radius 3 is 2.33 bits per heavy atom. The van der Waals surface area contributed by atoms with Crippen molar-refractivity contribution in [1.82, 2.24) is 10.0 Å². The Hall–Kier alpha value is -1.93. The van der Waals surface area contributed by atoms with Gasteiger partial charge in [0.25, 0.3) is 0 Å². The molecule has 1 amide bonds. The predicted molar refractivity (Wildman–Crippen MR) is 102 cm³/mol. The molecule has 3 N–H and O–H groups in total. The zero-order valence-electron chi connectivity index (χ0n) is 15.9. The normalized spacial score (nSPS) is 21.2. The third-order valence-electron chi connectivity index (χ3n) is 4.78. The number of carboxylic acid groups (broad SMARTS) is 1. The maximum atomic E-state index is 12.7. The van der Waals surface area contributed by atoms with Gasteiger partial charge in [0.1, 0.15) is 6.04 Å². The quantitative estimate of drug-likeness (QED) is 0.623. The van der Waals surface area contributed by atoms with Crippen LogP contribution in [-0.2, 0) is 19.6 Å². The van der Waals surface area contributed by atoms with Crippen LogP contribution in [0.1, 0.15) is 45.1 Å². The number of benzene rings is 1. The number of hydrogen-bond donors (Lipinski definition) is 3. The van der Waals surface area contributed by atoms with Crippen molar-refractivity contribution < 1.29 is 23.1 Å². The van der Waals surface area contributed by atoms with Gasteiger partial charge in [-0.1, -0.05) is 31.5 Å². The van der Waals surface area contributed by atoms with E-state index in [9.17, 15) is 18.0 Å². The van der Waals surface area contributed by atoms with Crippen LogP contribution in [0.15, 0.2) is 29.2 Å². The van der Waals surface area contributed by atoms with E-state index in [2.05, 4.69) is 10.0 Å². The molecule has 8 heteroatoms. The Morgan fingerprint density at radius 2 is 1.81 bits per heavy atom. The van der Waals surface area contributed by atoms with E-state index >= 15 is 0 Å². The van der Waals surface area contributed by atoms with Crippen molar-refractivity contribution in [2.45, 2.75) is 63.4 Å². The van der Waals surface area contributed by atoms with Gasteiger partial charge in [0, 0.05) is 6.04 Å². The highest BCUT2D eigenvalue weighted by atomic mass is 32.2. The third-order valence-corrected chi connectivity index (χ3v) is 6.27. The molecule has 27 heavy (non-hydrogen) atoms. The van der Waals surface area contributed by atoms with Crippen molar-refractivity contribution in [3.05, 3.63) is 29.8 Å². The summed E-state index contributed by atoms with van der Waals surface area (Å²) in [5.41, 5.74) is 0.944. The molecule has 0 aromatic heterocycles. The third kappa shape index (κ3) is 6.04. The standard InChI is InChI=1S/C19H28N2O5S/c1-12(2)10-17(18(22)20-15-7-6-14(11-15)19(23)24)21-27(25,26)16-8-4-13(3)5-9-16/h4-5,8-9,12,14-15,17,21H,6-7,10-11H2,1-3H3,(H,20,22)(H,23,24)/t14-,15+,17?/m0/s1. The molecule has 1 aromatic rings. The number of sulfonamides is 1. The van der Waals surface area contributed by atoms with Gasteiger partial charge in [-0.15, -0.1) is 0 Å². The van der Waals surface area contributed by atoms with Crippen LogP contribution in [0.25, 0.3) is 0 Å². The first-order valence-electron chi connectivity index (χ1n) is 9.20. The molecule has 1 saturated carbocycles. The maximum absolute atomic E-state index is 12.7. The Bertz CT molecular complexity index is 774. The summed E-state index contributed by atoms with van der Waals surface area (Å²) >= 11 is 0. The van der Waals surface area contributed by atoms with Crippen LogP contribution in [0.3, 0.4) is 0 Å². The molecule has 0 aliphatic heterocycles. The number of amides is 1. The summed E-state index contributed by atoms with van der Waals surface area (Å²) in [6.07, 6.45) is 1.83. The minimum absolute atomic E-state index is 0.108. The van der Waals surface area contributed by atoms with E-state index in [-0.39, 0.29) is 16.9 Å². The largest absolute Gasteiger partial charge is 0.481 e. The molecular weight excluding hydrogens is 368 g/mol. The molecule has 150 valence electrons. The summed E-state index contributed by atoms with van der Waals surface area (Å²) in [6.45, 7) is 5.69. The molecular formula is C19H28N2O5S. The zero-order valence-corrected chi connectivity index (χ0v) is 16.8. The van der Waals surface area contributed by atoms with Crippen molar-refractivity contribution in [2.24, 2.45) is 11.8 Å². The first-order chi connectivity index (χ1) is 12.6. The first-order valence-corrected chi connectivity index (χ1v) is 10.7. The number of carboxylic acids is 1. The molecule has 1 aliphatic rings. The number of hydrogen-bond acceptors (Lipinski definition) is 4. The van der Waals surface area contributed by atoms with E-state index in [1.165, 1.54) is 12.1 Å². The number of nitrogens with one attached hydrogen (secondary N) is 2. The van der Waals surface area contributed by atoms with Crippen LogP contribution in [0.2, 0.25) is 0 Å². The van der Waals surface area contributed by atoms with Crippen LogP contribution >= 0.6 is 0 Å². The minimum Gasteiger partial charge on any atom is -0.481 e. The van der Waals surface area contributed by atoms with E-state index < -0.39 is 33.9 Å². The van der Waals surface area contributed by atoms with Gasteiger partial charge in [-0.05, 0) is 50.7 Å². The summed E-state index contributed by atoms with van der Waals surface area (Å²) in [5, 5.41) is 11.9. The van der Waals surface area contributed by atoms with E-state index in [4.69, 9.17) is 5.11 Å². The SMILES string of the molecule is Cc1ccc(S(=O)(=O)NC(CC(C)C)C(=O)N[C@@H]2CC[C@H](C(=O)O)C2)cc1. The summed E-state index contributed by atoms with van der Waals surface area (Å²) in [7, 11) is -3.83.